The second-order valence-corrected chi connectivity index (χ2v) is 3.62. The van der Waals surface area contributed by atoms with E-state index < -0.39 is 0 Å². The maximum absolute atomic E-state index is 11.3. The van der Waals surface area contributed by atoms with E-state index in [-0.39, 0.29) is 18.6 Å². The fraction of sp³-hybridized carbons (Fsp3) is 0.909. The molecule has 0 aromatic carbocycles. The van der Waals surface area contributed by atoms with Crippen molar-refractivity contribution in [3.05, 3.63) is 0 Å². The number of rotatable bonds is 8. The van der Waals surface area contributed by atoms with Crippen LogP contribution in [0.2, 0.25) is 0 Å². The van der Waals surface area contributed by atoms with Crippen molar-refractivity contribution in [3.8, 4) is 0 Å². The molecule has 15 heavy (non-hydrogen) atoms. The largest absolute Gasteiger partial charge is 0.466 e. The van der Waals surface area contributed by atoms with Gasteiger partial charge in [0.15, 0.2) is 0 Å². The van der Waals surface area contributed by atoms with Gasteiger partial charge in [-0.3, -0.25) is 9.69 Å². The molecule has 0 radical (unpaired) electrons. The zero-order valence-corrected chi connectivity index (χ0v) is 10.0. The molecule has 4 nitrogen and oxygen atoms in total. The molecule has 0 aromatic rings. The van der Waals surface area contributed by atoms with Crippen molar-refractivity contribution in [2.24, 2.45) is 0 Å². The van der Waals surface area contributed by atoms with Crippen molar-refractivity contribution in [3.63, 3.8) is 0 Å². The standard InChI is InChI=1S/C11H23NO3/c1-4-6-12(7-8-13)10(3)9-11(14)15-5-2/h10,13H,4-9H2,1-3H3. The molecule has 4 heteroatoms. The number of esters is 1. The molecule has 90 valence electrons. The molecule has 1 atom stereocenters. The minimum atomic E-state index is -0.163. The maximum atomic E-state index is 11.3. The third kappa shape index (κ3) is 6.47. The van der Waals surface area contributed by atoms with Crippen LogP contribution >= 0.6 is 0 Å². The Balaban J connectivity index is 3.99. The van der Waals surface area contributed by atoms with Crippen LogP contribution in [-0.4, -0.2) is 48.3 Å². The van der Waals surface area contributed by atoms with Gasteiger partial charge in [-0.05, 0) is 26.8 Å². The minimum absolute atomic E-state index is 0.132. The van der Waals surface area contributed by atoms with Crippen LogP contribution in [0.3, 0.4) is 0 Å². The summed E-state index contributed by atoms with van der Waals surface area (Å²) < 4.78 is 4.89. The summed E-state index contributed by atoms with van der Waals surface area (Å²) in [5, 5.41) is 8.89. The molecule has 0 heterocycles. The number of carbonyl (C=O) groups excluding carboxylic acids is 1. The van der Waals surface area contributed by atoms with Gasteiger partial charge in [-0.15, -0.1) is 0 Å². The molecule has 0 fully saturated rings. The Labute approximate surface area is 92.2 Å². The third-order valence-electron chi connectivity index (χ3n) is 2.29. The molecule has 0 aliphatic carbocycles. The molecule has 1 N–H and O–H groups in total. The Hall–Kier alpha value is -0.610. The van der Waals surface area contributed by atoms with E-state index in [9.17, 15) is 4.79 Å². The summed E-state index contributed by atoms with van der Waals surface area (Å²) in [5.41, 5.74) is 0. The summed E-state index contributed by atoms with van der Waals surface area (Å²) in [6.07, 6.45) is 1.42. The Kier molecular flexibility index (Phi) is 8.33. The number of hydrogen-bond acceptors (Lipinski definition) is 4. The van der Waals surface area contributed by atoms with Crippen molar-refractivity contribution in [2.45, 2.75) is 39.7 Å². The Morgan fingerprint density at radius 2 is 2.07 bits per heavy atom. The predicted molar refractivity (Wildman–Crippen MR) is 59.7 cm³/mol. The van der Waals surface area contributed by atoms with Crippen LogP contribution in [0, 0.1) is 0 Å². The Morgan fingerprint density at radius 3 is 2.53 bits per heavy atom. The summed E-state index contributed by atoms with van der Waals surface area (Å²) in [6, 6.07) is 0.135. The Bertz CT molecular complexity index is 167. The van der Waals surface area contributed by atoms with E-state index in [1.165, 1.54) is 0 Å². The van der Waals surface area contributed by atoms with Gasteiger partial charge in [-0.1, -0.05) is 6.92 Å². The topological polar surface area (TPSA) is 49.8 Å². The number of carbonyl (C=O) groups is 1. The molecule has 0 aliphatic heterocycles. The summed E-state index contributed by atoms with van der Waals surface area (Å²) in [4.78, 5) is 13.4. The van der Waals surface area contributed by atoms with Crippen molar-refractivity contribution >= 4 is 5.97 Å². The third-order valence-corrected chi connectivity index (χ3v) is 2.29. The van der Waals surface area contributed by atoms with E-state index in [1.54, 1.807) is 6.92 Å². The normalized spacial score (nSPS) is 12.9. The molecule has 1 unspecified atom stereocenters. The lowest BCUT2D eigenvalue weighted by molar-refractivity contribution is -0.144. The van der Waals surface area contributed by atoms with Gasteiger partial charge in [-0.2, -0.15) is 0 Å². The lowest BCUT2D eigenvalue weighted by Crippen LogP contribution is -2.37. The first kappa shape index (κ1) is 14.4. The molecule has 0 bridgehead atoms. The molecule has 0 aromatic heterocycles. The van der Waals surface area contributed by atoms with Gasteiger partial charge in [-0.25, -0.2) is 0 Å². The van der Waals surface area contributed by atoms with Crippen LogP contribution in [0.5, 0.6) is 0 Å². The molecule has 0 saturated carbocycles. The first-order chi connectivity index (χ1) is 7.15. The van der Waals surface area contributed by atoms with Crippen LogP contribution in [0.1, 0.15) is 33.6 Å². The molecule has 0 aliphatic rings. The van der Waals surface area contributed by atoms with E-state index in [0.717, 1.165) is 13.0 Å². The number of hydrogen-bond donors (Lipinski definition) is 1. The fourth-order valence-corrected chi connectivity index (χ4v) is 1.56. The van der Waals surface area contributed by atoms with Gasteiger partial charge in [0.25, 0.3) is 0 Å². The highest BCUT2D eigenvalue weighted by Gasteiger charge is 2.16. The van der Waals surface area contributed by atoms with Crippen molar-refractivity contribution in [1.82, 2.24) is 4.90 Å². The van der Waals surface area contributed by atoms with E-state index >= 15 is 0 Å². The van der Waals surface area contributed by atoms with Crippen molar-refractivity contribution < 1.29 is 14.6 Å². The van der Waals surface area contributed by atoms with Crippen molar-refractivity contribution in [1.29, 1.82) is 0 Å². The average Bonchev–Trinajstić information content (AvgIpc) is 2.17. The molecule has 0 spiro atoms. The first-order valence-corrected chi connectivity index (χ1v) is 5.66. The number of aliphatic hydroxyl groups excluding tert-OH is 1. The zero-order chi connectivity index (χ0) is 11.7. The predicted octanol–water partition coefficient (Wildman–Crippen LogP) is 1.03. The highest BCUT2D eigenvalue weighted by molar-refractivity contribution is 5.70. The van der Waals surface area contributed by atoms with Gasteiger partial charge in [0.2, 0.25) is 0 Å². The van der Waals surface area contributed by atoms with E-state index in [1.807, 2.05) is 6.92 Å². The number of nitrogens with zero attached hydrogens (tertiary/aromatic N) is 1. The molecular formula is C11H23NO3. The maximum Gasteiger partial charge on any atom is 0.307 e. The molecule has 0 saturated heterocycles. The van der Waals surface area contributed by atoms with Gasteiger partial charge >= 0.3 is 5.97 Å². The summed E-state index contributed by atoms with van der Waals surface area (Å²) in [7, 11) is 0. The van der Waals surface area contributed by atoms with Crippen LogP contribution in [0.25, 0.3) is 0 Å². The molecule has 0 amide bonds. The van der Waals surface area contributed by atoms with Crippen molar-refractivity contribution in [2.75, 3.05) is 26.3 Å². The zero-order valence-electron chi connectivity index (χ0n) is 10.0. The molecule has 0 rings (SSSR count). The van der Waals surface area contributed by atoms with E-state index in [2.05, 4.69) is 11.8 Å². The lowest BCUT2D eigenvalue weighted by atomic mass is 10.2. The van der Waals surface area contributed by atoms with Crippen LogP contribution in [0.4, 0.5) is 0 Å². The fourth-order valence-electron chi connectivity index (χ4n) is 1.56. The summed E-state index contributed by atoms with van der Waals surface area (Å²) >= 11 is 0. The van der Waals surface area contributed by atoms with Gasteiger partial charge in [0.1, 0.15) is 0 Å². The second kappa shape index (κ2) is 8.68. The average molecular weight is 217 g/mol. The van der Waals surface area contributed by atoms with Gasteiger partial charge in [0, 0.05) is 12.6 Å². The monoisotopic (exact) mass is 217 g/mol. The van der Waals surface area contributed by atoms with Crippen LogP contribution in [-0.2, 0) is 9.53 Å². The second-order valence-electron chi connectivity index (χ2n) is 3.62. The first-order valence-electron chi connectivity index (χ1n) is 5.66. The molecular weight excluding hydrogens is 194 g/mol. The van der Waals surface area contributed by atoms with E-state index in [0.29, 0.717) is 19.6 Å². The van der Waals surface area contributed by atoms with Crippen LogP contribution in [0.15, 0.2) is 0 Å². The quantitative estimate of drug-likeness (QED) is 0.617. The van der Waals surface area contributed by atoms with E-state index in [4.69, 9.17) is 9.84 Å². The minimum Gasteiger partial charge on any atom is -0.466 e. The smallest absolute Gasteiger partial charge is 0.307 e. The highest BCUT2D eigenvalue weighted by atomic mass is 16.5. The van der Waals surface area contributed by atoms with Gasteiger partial charge < -0.3 is 9.84 Å². The Morgan fingerprint density at radius 1 is 1.40 bits per heavy atom. The summed E-state index contributed by atoms with van der Waals surface area (Å²) in [5.74, 6) is -0.163. The number of aliphatic hydroxyl groups is 1. The SMILES string of the molecule is CCCN(CCO)C(C)CC(=O)OCC. The lowest BCUT2D eigenvalue weighted by Gasteiger charge is -2.27. The highest BCUT2D eigenvalue weighted by Crippen LogP contribution is 2.05. The summed E-state index contributed by atoms with van der Waals surface area (Å²) in [6.45, 7) is 7.96. The van der Waals surface area contributed by atoms with Crippen LogP contribution < -0.4 is 0 Å². The van der Waals surface area contributed by atoms with Gasteiger partial charge in [0.05, 0.1) is 19.6 Å². The number of ether oxygens (including phenoxy) is 1.